The molecule has 0 amide bonds. The van der Waals surface area contributed by atoms with Crippen LogP contribution in [-0.2, 0) is 6.54 Å². The number of carbonyl (C=O) groups is 1. The first-order valence-corrected chi connectivity index (χ1v) is 5.15. The number of aryl methyl sites for hydroxylation is 1. The van der Waals surface area contributed by atoms with E-state index in [-0.39, 0.29) is 5.78 Å². The van der Waals surface area contributed by atoms with Gasteiger partial charge in [0.15, 0.2) is 11.9 Å². The maximum Gasteiger partial charge on any atom is 0.227 e. The van der Waals surface area contributed by atoms with E-state index < -0.39 is 0 Å². The van der Waals surface area contributed by atoms with Gasteiger partial charge in [-0.05, 0) is 0 Å². The van der Waals surface area contributed by atoms with Gasteiger partial charge in [0, 0.05) is 12.5 Å². The third kappa shape index (κ3) is 2.31. The highest BCUT2D eigenvalue weighted by Crippen LogP contribution is 2.00. The highest BCUT2D eigenvalue weighted by Gasteiger charge is 2.13. The summed E-state index contributed by atoms with van der Waals surface area (Å²) in [5.41, 5.74) is 1.72. The molecular weight excluding hydrogens is 200 g/mol. The molecule has 0 radical (unpaired) electrons. The first-order chi connectivity index (χ1) is 7.77. The van der Waals surface area contributed by atoms with Gasteiger partial charge in [-0.3, -0.25) is 9.78 Å². The van der Waals surface area contributed by atoms with Gasteiger partial charge in [-0.1, -0.05) is 30.3 Å². The molecule has 1 aromatic heterocycles. The van der Waals surface area contributed by atoms with Crippen molar-refractivity contribution in [1.82, 2.24) is 4.98 Å². The number of benzene rings is 1. The normalized spacial score (nSPS) is 10.1. The Morgan fingerprint density at radius 3 is 2.75 bits per heavy atom. The molecule has 16 heavy (non-hydrogen) atoms. The minimum Gasteiger partial charge on any atom is -0.287 e. The summed E-state index contributed by atoms with van der Waals surface area (Å²) < 4.78 is 1.89. The zero-order valence-corrected chi connectivity index (χ0v) is 9.13. The summed E-state index contributed by atoms with van der Waals surface area (Å²) in [6, 6.07) is 9.31. The van der Waals surface area contributed by atoms with E-state index in [9.17, 15) is 4.79 Å². The monoisotopic (exact) mass is 213 g/mol. The summed E-state index contributed by atoms with van der Waals surface area (Å²) in [6.45, 7) is 2.30. The van der Waals surface area contributed by atoms with E-state index in [0.717, 1.165) is 11.3 Å². The van der Waals surface area contributed by atoms with Crippen molar-refractivity contribution < 1.29 is 9.36 Å². The zero-order valence-electron chi connectivity index (χ0n) is 9.13. The van der Waals surface area contributed by atoms with Crippen LogP contribution < -0.4 is 4.57 Å². The molecule has 0 aliphatic carbocycles. The van der Waals surface area contributed by atoms with E-state index in [1.165, 1.54) is 0 Å². The molecule has 0 aliphatic rings. The SMILES string of the molecule is Cc1cncc[n+]1CC(=O)c1ccccc1. The molecule has 0 bridgehead atoms. The van der Waals surface area contributed by atoms with E-state index in [1.807, 2.05) is 48.0 Å². The summed E-state index contributed by atoms with van der Waals surface area (Å²) >= 11 is 0. The highest BCUT2D eigenvalue weighted by molar-refractivity contribution is 5.94. The summed E-state index contributed by atoms with van der Waals surface area (Å²) in [7, 11) is 0. The number of Topliss-reactive ketones (excluding diaryl/α,β-unsaturated/α-hetero) is 1. The van der Waals surface area contributed by atoms with Crippen molar-refractivity contribution >= 4 is 5.78 Å². The third-order valence-corrected chi connectivity index (χ3v) is 2.46. The van der Waals surface area contributed by atoms with Crippen LogP contribution >= 0.6 is 0 Å². The van der Waals surface area contributed by atoms with Crippen molar-refractivity contribution in [2.75, 3.05) is 0 Å². The Kier molecular flexibility index (Phi) is 3.05. The van der Waals surface area contributed by atoms with Gasteiger partial charge in [-0.25, -0.2) is 0 Å². The van der Waals surface area contributed by atoms with Crippen molar-refractivity contribution in [1.29, 1.82) is 0 Å². The summed E-state index contributed by atoms with van der Waals surface area (Å²) in [4.78, 5) is 15.9. The molecule has 0 fully saturated rings. The van der Waals surface area contributed by atoms with Crippen LogP contribution in [-0.4, -0.2) is 10.8 Å². The lowest BCUT2D eigenvalue weighted by molar-refractivity contribution is -0.689. The summed E-state index contributed by atoms with van der Waals surface area (Å²) in [6.07, 6.45) is 5.25. The molecule has 2 aromatic rings. The van der Waals surface area contributed by atoms with E-state index in [0.29, 0.717) is 6.54 Å². The molecule has 0 atom stereocenters. The maximum atomic E-state index is 11.9. The van der Waals surface area contributed by atoms with E-state index in [4.69, 9.17) is 0 Å². The molecule has 0 aliphatic heterocycles. The van der Waals surface area contributed by atoms with Crippen molar-refractivity contribution in [3.63, 3.8) is 0 Å². The predicted octanol–water partition coefficient (Wildman–Crippen LogP) is 1.56. The first-order valence-electron chi connectivity index (χ1n) is 5.15. The second-order valence-electron chi connectivity index (χ2n) is 3.63. The van der Waals surface area contributed by atoms with Gasteiger partial charge < -0.3 is 0 Å². The standard InChI is InChI=1S/C13H13N2O/c1-11-9-14-7-8-15(11)10-13(16)12-5-3-2-4-6-12/h2-9H,10H2,1H3/q+1. The largest absolute Gasteiger partial charge is 0.287 e. The van der Waals surface area contributed by atoms with E-state index in [1.54, 1.807) is 12.4 Å². The molecule has 0 spiro atoms. The van der Waals surface area contributed by atoms with E-state index in [2.05, 4.69) is 4.98 Å². The average Bonchev–Trinajstić information content (AvgIpc) is 2.33. The second-order valence-corrected chi connectivity index (χ2v) is 3.63. The minimum atomic E-state index is 0.111. The molecule has 2 rings (SSSR count). The zero-order chi connectivity index (χ0) is 11.4. The number of hydrogen-bond donors (Lipinski definition) is 0. The van der Waals surface area contributed by atoms with Crippen molar-refractivity contribution in [2.24, 2.45) is 0 Å². The Morgan fingerprint density at radius 2 is 2.06 bits per heavy atom. The Bertz CT molecular complexity index is 494. The van der Waals surface area contributed by atoms with Gasteiger partial charge in [0.2, 0.25) is 12.3 Å². The first kappa shape index (κ1) is 10.5. The number of nitrogens with zero attached hydrogens (tertiary/aromatic N) is 2. The van der Waals surface area contributed by atoms with Gasteiger partial charge in [-0.15, -0.1) is 0 Å². The average molecular weight is 213 g/mol. The van der Waals surface area contributed by atoms with Crippen LogP contribution in [0.25, 0.3) is 0 Å². The lowest BCUT2D eigenvalue weighted by Crippen LogP contribution is -2.40. The molecule has 0 N–H and O–H groups in total. The molecular formula is C13H13N2O+. The van der Waals surface area contributed by atoms with Crippen molar-refractivity contribution in [3.05, 3.63) is 60.2 Å². The predicted molar refractivity (Wildman–Crippen MR) is 59.9 cm³/mol. The van der Waals surface area contributed by atoms with Crippen molar-refractivity contribution in [2.45, 2.75) is 13.5 Å². The Morgan fingerprint density at radius 1 is 1.31 bits per heavy atom. The lowest BCUT2D eigenvalue weighted by atomic mass is 10.1. The fourth-order valence-corrected chi connectivity index (χ4v) is 1.51. The molecule has 0 saturated carbocycles. The van der Waals surface area contributed by atoms with E-state index >= 15 is 0 Å². The quantitative estimate of drug-likeness (QED) is 0.572. The van der Waals surface area contributed by atoms with Crippen LogP contribution in [0.1, 0.15) is 16.1 Å². The third-order valence-electron chi connectivity index (χ3n) is 2.46. The smallest absolute Gasteiger partial charge is 0.227 e. The van der Waals surface area contributed by atoms with Crippen LogP contribution in [0, 0.1) is 6.92 Å². The minimum absolute atomic E-state index is 0.111. The van der Waals surface area contributed by atoms with Crippen LogP contribution in [0.3, 0.4) is 0 Å². The maximum absolute atomic E-state index is 11.9. The Balaban J connectivity index is 2.18. The highest BCUT2D eigenvalue weighted by atomic mass is 16.1. The van der Waals surface area contributed by atoms with Gasteiger partial charge in [0.05, 0.1) is 12.4 Å². The van der Waals surface area contributed by atoms with Gasteiger partial charge >= 0.3 is 0 Å². The summed E-state index contributed by atoms with van der Waals surface area (Å²) in [5.74, 6) is 0.111. The molecule has 1 aromatic carbocycles. The molecule has 80 valence electrons. The molecule has 0 unspecified atom stereocenters. The molecule has 0 saturated heterocycles. The van der Waals surface area contributed by atoms with Gasteiger partial charge in [0.25, 0.3) is 0 Å². The summed E-state index contributed by atoms with van der Waals surface area (Å²) in [5, 5.41) is 0. The topological polar surface area (TPSA) is 33.8 Å². The molecule has 3 heteroatoms. The Labute approximate surface area is 94.4 Å². The van der Waals surface area contributed by atoms with Gasteiger partial charge in [0.1, 0.15) is 0 Å². The molecule has 3 nitrogen and oxygen atoms in total. The number of hydrogen-bond acceptors (Lipinski definition) is 2. The lowest BCUT2D eigenvalue weighted by Gasteiger charge is -1.99. The fourth-order valence-electron chi connectivity index (χ4n) is 1.51. The number of carbonyl (C=O) groups excluding carboxylic acids is 1. The second kappa shape index (κ2) is 4.66. The van der Waals surface area contributed by atoms with Gasteiger partial charge in [-0.2, -0.15) is 4.57 Å². The van der Waals surface area contributed by atoms with Crippen LogP contribution in [0.5, 0.6) is 0 Å². The van der Waals surface area contributed by atoms with Crippen LogP contribution in [0.15, 0.2) is 48.9 Å². The number of ketones is 1. The fraction of sp³-hybridized carbons (Fsp3) is 0.154. The Hall–Kier alpha value is -2.03. The number of rotatable bonds is 3. The number of aromatic nitrogens is 2. The van der Waals surface area contributed by atoms with Crippen LogP contribution in [0.2, 0.25) is 0 Å². The van der Waals surface area contributed by atoms with Crippen LogP contribution in [0.4, 0.5) is 0 Å². The molecule has 1 heterocycles. The van der Waals surface area contributed by atoms with Crippen molar-refractivity contribution in [3.8, 4) is 0 Å².